The van der Waals surface area contributed by atoms with Crippen LogP contribution in [0, 0.1) is 5.92 Å². The minimum Gasteiger partial charge on any atom is -0.396 e. The molecule has 6 nitrogen and oxygen atoms in total. The van der Waals surface area contributed by atoms with Gasteiger partial charge in [-0.25, -0.2) is 0 Å². The molecule has 0 radical (unpaired) electrons. The van der Waals surface area contributed by atoms with E-state index in [1.807, 2.05) is 18.5 Å². The normalized spacial score (nSPS) is 21.3. The van der Waals surface area contributed by atoms with Crippen LogP contribution >= 0.6 is 0 Å². The van der Waals surface area contributed by atoms with Crippen molar-refractivity contribution in [3.63, 3.8) is 0 Å². The number of nitrogens with one attached hydrogen (secondary N) is 1. The Hall–Kier alpha value is -2.21. The van der Waals surface area contributed by atoms with E-state index in [1.165, 1.54) is 12.8 Å². The van der Waals surface area contributed by atoms with Crippen molar-refractivity contribution in [3.05, 3.63) is 30.9 Å². The van der Waals surface area contributed by atoms with Crippen LogP contribution in [-0.2, 0) is 0 Å². The molecule has 2 unspecified atom stereocenters. The maximum absolute atomic E-state index is 8.98. The molecule has 120 valence electrons. The van der Waals surface area contributed by atoms with Crippen molar-refractivity contribution in [2.45, 2.75) is 38.1 Å². The Bertz CT molecular complexity index is 793. The molecular weight excluding hydrogens is 290 g/mol. The van der Waals surface area contributed by atoms with Crippen LogP contribution < -0.4 is 0 Å². The lowest BCUT2D eigenvalue weighted by atomic mass is 10.0. The zero-order valence-electron chi connectivity index (χ0n) is 13.0. The molecule has 0 aliphatic heterocycles. The molecule has 0 saturated heterocycles. The van der Waals surface area contributed by atoms with Gasteiger partial charge in [0.25, 0.3) is 0 Å². The molecule has 3 aromatic rings. The average molecular weight is 311 g/mol. The van der Waals surface area contributed by atoms with Crippen molar-refractivity contribution in [1.82, 2.24) is 25.0 Å². The van der Waals surface area contributed by atoms with Crippen LogP contribution in [0.2, 0.25) is 0 Å². The summed E-state index contributed by atoms with van der Waals surface area (Å²) in [5.41, 5.74) is 2.96. The van der Waals surface area contributed by atoms with Crippen molar-refractivity contribution in [2.75, 3.05) is 6.61 Å². The van der Waals surface area contributed by atoms with E-state index in [0.29, 0.717) is 12.6 Å². The molecule has 1 fully saturated rings. The molecule has 0 amide bonds. The monoisotopic (exact) mass is 311 g/mol. The Morgan fingerprint density at radius 3 is 3.17 bits per heavy atom. The number of aromatic amines is 1. The van der Waals surface area contributed by atoms with E-state index in [-0.39, 0.29) is 0 Å². The van der Waals surface area contributed by atoms with Gasteiger partial charge in [-0.15, -0.1) is 5.10 Å². The van der Waals surface area contributed by atoms with Crippen molar-refractivity contribution < 1.29 is 5.11 Å². The Morgan fingerprint density at radius 2 is 2.26 bits per heavy atom. The highest BCUT2D eigenvalue weighted by molar-refractivity contribution is 5.91. The first kappa shape index (κ1) is 14.4. The van der Waals surface area contributed by atoms with Crippen LogP contribution in [-0.4, -0.2) is 36.7 Å². The molecule has 1 aliphatic rings. The first-order valence-electron chi connectivity index (χ1n) is 8.29. The smallest absolute Gasteiger partial charge is 0.160 e. The number of nitrogens with zero attached hydrogens (tertiary/aromatic N) is 4. The van der Waals surface area contributed by atoms with E-state index in [1.54, 1.807) is 6.20 Å². The lowest BCUT2D eigenvalue weighted by Crippen LogP contribution is -2.06. The predicted molar refractivity (Wildman–Crippen MR) is 87.8 cm³/mol. The minimum atomic E-state index is 0.300. The molecule has 6 heteroatoms. The molecule has 2 N–H and O–H groups in total. The van der Waals surface area contributed by atoms with Crippen LogP contribution in [0.4, 0.5) is 0 Å². The van der Waals surface area contributed by atoms with E-state index in [2.05, 4.69) is 31.2 Å². The summed E-state index contributed by atoms with van der Waals surface area (Å²) >= 11 is 0. The maximum atomic E-state index is 8.98. The second kappa shape index (κ2) is 6.12. The number of H-pyrrole nitrogens is 1. The summed E-state index contributed by atoms with van der Waals surface area (Å²) in [5, 5.41) is 22.8. The number of aliphatic hydroxyl groups is 1. The van der Waals surface area contributed by atoms with Gasteiger partial charge in [0.15, 0.2) is 5.65 Å². The van der Waals surface area contributed by atoms with Gasteiger partial charge in [0, 0.05) is 35.5 Å². The Labute approximate surface area is 134 Å². The number of aliphatic hydroxyl groups excluding tert-OH is 1. The van der Waals surface area contributed by atoms with Crippen molar-refractivity contribution in [1.29, 1.82) is 0 Å². The number of aromatic nitrogens is 5. The van der Waals surface area contributed by atoms with Crippen LogP contribution in [0.1, 0.15) is 38.1 Å². The highest BCUT2D eigenvalue weighted by Crippen LogP contribution is 2.37. The molecule has 0 aromatic carbocycles. The van der Waals surface area contributed by atoms with Gasteiger partial charge in [-0.1, -0.05) is 0 Å². The number of hydrogen-bond acceptors (Lipinski definition) is 4. The fourth-order valence-corrected chi connectivity index (χ4v) is 3.71. The van der Waals surface area contributed by atoms with Gasteiger partial charge in [-0.2, -0.15) is 10.2 Å². The maximum Gasteiger partial charge on any atom is 0.160 e. The van der Waals surface area contributed by atoms with Crippen LogP contribution in [0.25, 0.3) is 22.2 Å². The number of rotatable bonds is 5. The summed E-state index contributed by atoms with van der Waals surface area (Å²) in [6.07, 6.45) is 13.3. The Balaban J connectivity index is 1.55. The molecule has 3 aromatic heterocycles. The first-order chi connectivity index (χ1) is 11.3. The van der Waals surface area contributed by atoms with Gasteiger partial charge in [0.2, 0.25) is 0 Å². The largest absolute Gasteiger partial charge is 0.396 e. The topological polar surface area (TPSA) is 79.6 Å². The van der Waals surface area contributed by atoms with Gasteiger partial charge >= 0.3 is 0 Å². The van der Waals surface area contributed by atoms with Crippen molar-refractivity contribution >= 4 is 11.0 Å². The molecule has 23 heavy (non-hydrogen) atoms. The molecule has 1 saturated carbocycles. The summed E-state index contributed by atoms with van der Waals surface area (Å²) in [5.74, 6) is 0.721. The average Bonchev–Trinajstić information content (AvgIpc) is 3.30. The third kappa shape index (κ3) is 2.74. The van der Waals surface area contributed by atoms with Gasteiger partial charge in [0.05, 0.1) is 18.4 Å². The quantitative estimate of drug-likeness (QED) is 0.759. The highest BCUT2D eigenvalue weighted by atomic mass is 16.2. The molecular formula is C17H21N5O. The fourth-order valence-electron chi connectivity index (χ4n) is 3.71. The standard InChI is InChI=1S/C17H21N5O/c23-7-1-2-12-3-4-14(8-12)22-11-13(9-20-22)16-10-19-21-17-15(16)5-6-18-17/h5-6,9-12,14,23H,1-4,7-8H2,(H,18,21). The Morgan fingerprint density at radius 1 is 1.30 bits per heavy atom. The molecule has 4 rings (SSSR count). The van der Waals surface area contributed by atoms with Gasteiger partial charge in [-0.3, -0.25) is 4.68 Å². The van der Waals surface area contributed by atoms with Gasteiger partial charge < -0.3 is 10.1 Å². The van der Waals surface area contributed by atoms with Crippen molar-refractivity contribution in [2.24, 2.45) is 5.92 Å². The summed E-state index contributed by atoms with van der Waals surface area (Å²) in [6, 6.07) is 2.50. The first-order valence-corrected chi connectivity index (χ1v) is 8.29. The fraction of sp³-hybridized carbons (Fsp3) is 0.471. The summed E-state index contributed by atoms with van der Waals surface area (Å²) in [4.78, 5) is 3.10. The van der Waals surface area contributed by atoms with Gasteiger partial charge in [0.1, 0.15) is 0 Å². The molecule has 3 heterocycles. The second-order valence-electron chi connectivity index (χ2n) is 6.41. The molecule has 0 spiro atoms. The number of hydrogen-bond donors (Lipinski definition) is 2. The Kier molecular flexibility index (Phi) is 3.83. The second-order valence-corrected chi connectivity index (χ2v) is 6.41. The minimum absolute atomic E-state index is 0.300. The highest BCUT2D eigenvalue weighted by Gasteiger charge is 2.26. The lowest BCUT2D eigenvalue weighted by Gasteiger charge is -2.11. The van der Waals surface area contributed by atoms with Gasteiger partial charge in [-0.05, 0) is 44.1 Å². The molecule has 0 bridgehead atoms. The van der Waals surface area contributed by atoms with E-state index in [4.69, 9.17) is 5.11 Å². The van der Waals surface area contributed by atoms with Crippen molar-refractivity contribution in [3.8, 4) is 11.1 Å². The molecule has 2 atom stereocenters. The zero-order valence-corrected chi connectivity index (χ0v) is 13.0. The van der Waals surface area contributed by atoms with Crippen LogP contribution in [0.15, 0.2) is 30.9 Å². The van der Waals surface area contributed by atoms with E-state index in [0.717, 1.165) is 47.3 Å². The summed E-state index contributed by atoms with van der Waals surface area (Å²) < 4.78 is 2.10. The lowest BCUT2D eigenvalue weighted by molar-refractivity contribution is 0.270. The van der Waals surface area contributed by atoms with Crippen LogP contribution in [0.5, 0.6) is 0 Å². The zero-order chi connectivity index (χ0) is 15.6. The summed E-state index contributed by atoms with van der Waals surface area (Å²) in [7, 11) is 0. The molecule has 1 aliphatic carbocycles. The third-order valence-electron chi connectivity index (χ3n) is 4.93. The van der Waals surface area contributed by atoms with E-state index < -0.39 is 0 Å². The number of fused-ring (bicyclic) bond motifs is 1. The SMILES string of the molecule is OCCCC1CCC(n2cc(-c3cnnc4[nH]ccc34)cn2)C1. The van der Waals surface area contributed by atoms with Crippen LogP contribution in [0.3, 0.4) is 0 Å². The third-order valence-corrected chi connectivity index (χ3v) is 4.93. The van der Waals surface area contributed by atoms with E-state index >= 15 is 0 Å². The summed E-state index contributed by atoms with van der Waals surface area (Å²) in [6.45, 7) is 0.300. The van der Waals surface area contributed by atoms with E-state index in [9.17, 15) is 0 Å². The predicted octanol–water partition coefficient (Wildman–Crippen LogP) is 2.94.